The number of hydrogen-bond donors (Lipinski definition) is 1. The van der Waals surface area contributed by atoms with Crippen molar-refractivity contribution in [1.29, 1.82) is 0 Å². The maximum Gasteiger partial charge on any atom is 0.243 e. The van der Waals surface area contributed by atoms with E-state index in [-0.39, 0.29) is 0 Å². The van der Waals surface area contributed by atoms with Crippen molar-refractivity contribution < 1.29 is 8.42 Å². The van der Waals surface area contributed by atoms with Gasteiger partial charge in [0.1, 0.15) is 0 Å². The van der Waals surface area contributed by atoms with Gasteiger partial charge in [-0.15, -0.1) is 0 Å². The number of piperidine rings is 1. The molecule has 128 valence electrons. The molecule has 0 radical (unpaired) electrons. The highest BCUT2D eigenvalue weighted by Crippen LogP contribution is 2.34. The van der Waals surface area contributed by atoms with Crippen LogP contribution in [0.15, 0.2) is 4.90 Å². The summed E-state index contributed by atoms with van der Waals surface area (Å²) in [6.45, 7) is 12.3. The van der Waals surface area contributed by atoms with Crippen molar-refractivity contribution in [3.05, 3.63) is 27.8 Å². The van der Waals surface area contributed by atoms with Crippen LogP contribution < -0.4 is 5.32 Å². The zero-order chi connectivity index (χ0) is 16.9. The maximum absolute atomic E-state index is 13.3. The number of hydrogen-bond acceptors (Lipinski definition) is 3. The van der Waals surface area contributed by atoms with Crippen LogP contribution in [-0.4, -0.2) is 38.4 Å². The Bertz CT molecular complexity index is 711. The molecule has 3 rings (SSSR count). The smallest absolute Gasteiger partial charge is 0.243 e. The molecule has 2 heterocycles. The van der Waals surface area contributed by atoms with E-state index in [0.29, 0.717) is 29.9 Å². The van der Waals surface area contributed by atoms with E-state index in [2.05, 4.69) is 12.2 Å². The van der Waals surface area contributed by atoms with Crippen LogP contribution in [-0.2, 0) is 10.0 Å². The monoisotopic (exact) mass is 336 g/mol. The summed E-state index contributed by atoms with van der Waals surface area (Å²) in [4.78, 5) is 0.544. The Hall–Kier alpha value is -0.910. The second-order valence-corrected chi connectivity index (χ2v) is 9.09. The molecule has 2 atom stereocenters. The number of nitrogens with zero attached hydrogens (tertiary/aromatic N) is 1. The fourth-order valence-electron chi connectivity index (χ4n) is 4.21. The maximum atomic E-state index is 13.3. The fourth-order valence-corrected chi connectivity index (χ4v) is 6.29. The van der Waals surface area contributed by atoms with Crippen molar-refractivity contribution in [2.75, 3.05) is 19.6 Å². The van der Waals surface area contributed by atoms with Crippen molar-refractivity contribution in [3.63, 3.8) is 0 Å². The van der Waals surface area contributed by atoms with E-state index in [4.69, 9.17) is 0 Å². The molecule has 23 heavy (non-hydrogen) atoms. The number of nitrogens with one attached hydrogen (secondary N) is 1. The summed E-state index contributed by atoms with van der Waals surface area (Å²) in [5.74, 6) is 0.465. The van der Waals surface area contributed by atoms with Gasteiger partial charge in [-0.25, -0.2) is 8.42 Å². The lowest BCUT2D eigenvalue weighted by molar-refractivity contribution is 0.247. The molecule has 0 spiro atoms. The minimum atomic E-state index is -3.42. The zero-order valence-electron chi connectivity index (χ0n) is 14.9. The predicted molar refractivity (Wildman–Crippen MR) is 93.4 cm³/mol. The molecule has 1 aromatic rings. The van der Waals surface area contributed by atoms with Crippen LogP contribution in [0.3, 0.4) is 0 Å². The summed E-state index contributed by atoms with van der Waals surface area (Å²) in [6, 6.07) is 0.505. The van der Waals surface area contributed by atoms with Gasteiger partial charge in [-0.05, 0) is 87.7 Å². The summed E-state index contributed by atoms with van der Waals surface area (Å²) in [6.07, 6.45) is 2.01. The quantitative estimate of drug-likeness (QED) is 0.903. The number of fused-ring (bicyclic) bond motifs is 1. The van der Waals surface area contributed by atoms with Gasteiger partial charge >= 0.3 is 0 Å². The first-order valence-electron chi connectivity index (χ1n) is 8.55. The Morgan fingerprint density at radius 2 is 1.48 bits per heavy atom. The Morgan fingerprint density at radius 1 is 0.913 bits per heavy atom. The lowest BCUT2D eigenvalue weighted by atomic mass is 9.95. The molecule has 1 N–H and O–H groups in total. The van der Waals surface area contributed by atoms with E-state index in [9.17, 15) is 8.42 Å². The minimum absolute atomic E-state index is 0.465. The Balaban J connectivity index is 2.04. The van der Waals surface area contributed by atoms with E-state index < -0.39 is 10.0 Å². The molecule has 0 aromatic heterocycles. The third-order valence-electron chi connectivity index (χ3n) is 6.15. The Kier molecular flexibility index (Phi) is 4.32. The summed E-state index contributed by atoms with van der Waals surface area (Å²) in [5.41, 5.74) is 5.24. The first-order chi connectivity index (χ1) is 10.7. The summed E-state index contributed by atoms with van der Waals surface area (Å²) in [5, 5.41) is 3.50. The van der Waals surface area contributed by atoms with Crippen molar-refractivity contribution in [1.82, 2.24) is 9.62 Å². The average Bonchev–Trinajstić information content (AvgIpc) is 2.98. The van der Waals surface area contributed by atoms with Crippen molar-refractivity contribution in [2.45, 2.75) is 58.4 Å². The van der Waals surface area contributed by atoms with Crippen LogP contribution in [0.5, 0.6) is 0 Å². The fraction of sp³-hybridized carbons (Fsp3) is 0.667. The van der Waals surface area contributed by atoms with E-state index >= 15 is 0 Å². The number of sulfonamides is 1. The highest BCUT2D eigenvalue weighted by Gasteiger charge is 2.39. The summed E-state index contributed by atoms with van der Waals surface area (Å²) < 4.78 is 28.4. The molecular weight excluding hydrogens is 308 g/mol. The third-order valence-corrected chi connectivity index (χ3v) is 8.29. The van der Waals surface area contributed by atoms with Crippen LogP contribution in [0.4, 0.5) is 0 Å². The van der Waals surface area contributed by atoms with Crippen molar-refractivity contribution in [3.8, 4) is 0 Å². The molecular formula is C18H28N2O2S. The molecule has 5 heteroatoms. The van der Waals surface area contributed by atoms with Crippen molar-refractivity contribution in [2.24, 2.45) is 5.92 Å². The normalized spacial score (nSPS) is 25.6. The highest BCUT2D eigenvalue weighted by atomic mass is 32.2. The topological polar surface area (TPSA) is 49.4 Å². The van der Waals surface area contributed by atoms with Crippen LogP contribution >= 0.6 is 0 Å². The van der Waals surface area contributed by atoms with Crippen LogP contribution in [0.25, 0.3) is 0 Å². The van der Waals surface area contributed by atoms with Crippen LogP contribution in [0.1, 0.15) is 40.7 Å². The lowest BCUT2D eigenvalue weighted by Crippen LogP contribution is -2.47. The van der Waals surface area contributed by atoms with Gasteiger partial charge in [-0.1, -0.05) is 0 Å². The van der Waals surface area contributed by atoms with Gasteiger partial charge in [-0.2, -0.15) is 4.31 Å². The summed E-state index contributed by atoms with van der Waals surface area (Å²) >= 11 is 0. The van der Waals surface area contributed by atoms with Gasteiger partial charge in [0.2, 0.25) is 10.0 Å². The molecule has 1 aromatic carbocycles. The lowest BCUT2D eigenvalue weighted by Gasteiger charge is -2.35. The Labute approximate surface area is 140 Å². The standard InChI is InChI=1S/C18H28N2O2S/c1-11-12(2)14(4)18(15(5)13(11)3)23(21,22)20-9-7-17-16(10-20)6-8-19-17/h16-17,19H,6-10H2,1-5H3. The van der Waals surface area contributed by atoms with Gasteiger partial charge in [0.15, 0.2) is 0 Å². The van der Waals surface area contributed by atoms with Gasteiger partial charge in [0.25, 0.3) is 0 Å². The molecule has 0 amide bonds. The second kappa shape index (κ2) is 5.87. The minimum Gasteiger partial charge on any atom is -0.314 e. The number of benzene rings is 1. The molecule has 2 unspecified atom stereocenters. The first-order valence-corrected chi connectivity index (χ1v) is 9.99. The predicted octanol–water partition coefficient (Wildman–Crippen LogP) is 2.60. The molecule has 4 nitrogen and oxygen atoms in total. The highest BCUT2D eigenvalue weighted by molar-refractivity contribution is 7.89. The average molecular weight is 337 g/mol. The molecule has 2 fully saturated rings. The van der Waals surface area contributed by atoms with E-state index in [0.717, 1.165) is 41.6 Å². The van der Waals surface area contributed by atoms with E-state index in [1.165, 1.54) is 5.56 Å². The molecule has 2 aliphatic heterocycles. The second-order valence-electron chi connectivity index (χ2n) is 7.22. The van der Waals surface area contributed by atoms with Gasteiger partial charge in [0, 0.05) is 19.1 Å². The van der Waals surface area contributed by atoms with Gasteiger partial charge in [-0.3, -0.25) is 0 Å². The van der Waals surface area contributed by atoms with Gasteiger partial charge < -0.3 is 5.32 Å². The molecule has 0 aliphatic carbocycles. The number of rotatable bonds is 2. The largest absolute Gasteiger partial charge is 0.314 e. The van der Waals surface area contributed by atoms with Crippen molar-refractivity contribution >= 4 is 10.0 Å². The Morgan fingerprint density at radius 3 is 2.09 bits per heavy atom. The molecule has 0 bridgehead atoms. The first kappa shape index (κ1) is 16.9. The SMILES string of the molecule is Cc1c(C)c(C)c(S(=O)(=O)N2CCC3NCCC3C2)c(C)c1C. The summed E-state index contributed by atoms with van der Waals surface area (Å²) in [7, 11) is -3.42. The molecule has 2 aliphatic rings. The molecule has 2 saturated heterocycles. The van der Waals surface area contributed by atoms with E-state index in [1.54, 1.807) is 4.31 Å². The molecule has 0 saturated carbocycles. The third kappa shape index (κ3) is 2.63. The van der Waals surface area contributed by atoms with E-state index in [1.807, 2.05) is 27.7 Å². The van der Waals surface area contributed by atoms with Gasteiger partial charge in [0.05, 0.1) is 4.90 Å². The zero-order valence-corrected chi connectivity index (χ0v) is 15.7. The van der Waals surface area contributed by atoms with Crippen LogP contribution in [0, 0.1) is 40.5 Å². The van der Waals surface area contributed by atoms with Crippen LogP contribution in [0.2, 0.25) is 0 Å².